The van der Waals surface area contributed by atoms with Crippen LogP contribution in [0.5, 0.6) is 0 Å². The minimum Gasteiger partial charge on any atom is -0.349 e. The molecule has 4 heterocycles. The lowest BCUT2D eigenvalue weighted by Gasteiger charge is -2.40. The molecule has 6 rings (SSSR count). The molecule has 3 aromatic heterocycles. The quantitative estimate of drug-likeness (QED) is 0.395. The minimum absolute atomic E-state index is 0.303. The number of para-hydroxylation sites is 1. The maximum Gasteiger partial charge on any atom is 0.165 e. The molecule has 1 aromatic carbocycles. The number of piperazine rings is 1. The third-order valence-electron chi connectivity index (χ3n) is 7.06. The molecular weight excluding hydrogens is 486 g/mol. The highest BCUT2D eigenvalue weighted by atomic mass is 32.2. The lowest BCUT2D eigenvalue weighted by Crippen LogP contribution is -2.59. The summed E-state index contributed by atoms with van der Waals surface area (Å²) in [5.74, 6) is 2.45. The van der Waals surface area contributed by atoms with Gasteiger partial charge >= 0.3 is 0 Å². The van der Waals surface area contributed by atoms with E-state index in [9.17, 15) is 8.42 Å². The maximum atomic E-state index is 12.6. The van der Waals surface area contributed by atoms with Crippen LogP contribution in [0.1, 0.15) is 31.2 Å². The molecule has 0 bridgehead atoms. The van der Waals surface area contributed by atoms with Crippen molar-refractivity contribution in [3.8, 4) is 11.4 Å². The number of benzene rings is 1. The zero-order valence-electron chi connectivity index (χ0n) is 20.8. The van der Waals surface area contributed by atoms with Crippen molar-refractivity contribution in [1.29, 1.82) is 0 Å². The van der Waals surface area contributed by atoms with Crippen molar-refractivity contribution in [2.75, 3.05) is 29.6 Å². The van der Waals surface area contributed by atoms with Gasteiger partial charge < -0.3 is 10.2 Å². The van der Waals surface area contributed by atoms with Gasteiger partial charge in [-0.1, -0.05) is 18.2 Å². The van der Waals surface area contributed by atoms with E-state index >= 15 is 0 Å². The van der Waals surface area contributed by atoms with E-state index in [1.807, 2.05) is 55.6 Å². The van der Waals surface area contributed by atoms with Gasteiger partial charge in [0, 0.05) is 48.4 Å². The molecule has 2 aliphatic rings. The van der Waals surface area contributed by atoms with Gasteiger partial charge in [0.25, 0.3) is 0 Å². The van der Waals surface area contributed by atoms with E-state index in [0.29, 0.717) is 30.6 Å². The minimum atomic E-state index is -3.31. The second-order valence-corrected chi connectivity index (χ2v) is 12.0. The molecule has 190 valence electrons. The summed E-state index contributed by atoms with van der Waals surface area (Å²) in [7, 11) is -3.31. The van der Waals surface area contributed by atoms with Crippen LogP contribution in [-0.4, -0.2) is 59.1 Å². The van der Waals surface area contributed by atoms with Gasteiger partial charge in [0.2, 0.25) is 0 Å². The molecule has 1 unspecified atom stereocenters. The lowest BCUT2D eigenvalue weighted by atomic mass is 10.1. The Balaban J connectivity index is 1.48. The Kier molecular flexibility index (Phi) is 6.00. The van der Waals surface area contributed by atoms with E-state index in [1.165, 1.54) is 6.26 Å². The highest BCUT2D eigenvalue weighted by molar-refractivity contribution is 7.91. The monoisotopic (exact) mass is 515 g/mol. The number of sulfone groups is 1. The van der Waals surface area contributed by atoms with Crippen LogP contribution < -0.4 is 15.5 Å². The highest BCUT2D eigenvalue weighted by Gasteiger charge is 2.37. The van der Waals surface area contributed by atoms with Gasteiger partial charge in [0.05, 0.1) is 17.8 Å². The van der Waals surface area contributed by atoms with Gasteiger partial charge in [0.1, 0.15) is 17.0 Å². The summed E-state index contributed by atoms with van der Waals surface area (Å²) >= 11 is 0. The molecular formula is C27H29N7O2S. The lowest BCUT2D eigenvalue weighted by molar-refractivity contribution is 0.444. The SMILES string of the molecule is C[C@@H]1C(S(C)(=O)=O)NCCN1c1nc(-c2ccnc(Nc3ccccc3)c2)nc2cncc(C3CC3)c12. The van der Waals surface area contributed by atoms with Crippen LogP contribution in [0.25, 0.3) is 22.3 Å². The average molecular weight is 516 g/mol. The van der Waals surface area contributed by atoms with Crippen LogP contribution in [-0.2, 0) is 9.84 Å². The molecule has 2 fully saturated rings. The van der Waals surface area contributed by atoms with Gasteiger partial charge in [-0.2, -0.15) is 0 Å². The predicted octanol–water partition coefficient (Wildman–Crippen LogP) is 3.88. The number of fused-ring (bicyclic) bond motifs is 1. The van der Waals surface area contributed by atoms with Gasteiger partial charge in [-0.05, 0) is 55.5 Å². The van der Waals surface area contributed by atoms with Gasteiger partial charge in [-0.25, -0.2) is 23.4 Å². The van der Waals surface area contributed by atoms with E-state index in [2.05, 4.69) is 25.5 Å². The van der Waals surface area contributed by atoms with Crippen LogP contribution in [0.2, 0.25) is 0 Å². The highest BCUT2D eigenvalue weighted by Crippen LogP contribution is 2.45. The normalized spacial score (nSPS) is 20.2. The van der Waals surface area contributed by atoms with Crippen molar-refractivity contribution < 1.29 is 8.42 Å². The number of aromatic nitrogens is 4. The second kappa shape index (κ2) is 9.35. The first-order valence-corrected chi connectivity index (χ1v) is 14.5. The fraction of sp³-hybridized carbons (Fsp3) is 0.333. The molecule has 4 aromatic rings. The van der Waals surface area contributed by atoms with E-state index in [-0.39, 0.29) is 6.04 Å². The van der Waals surface area contributed by atoms with Crippen LogP contribution in [0, 0.1) is 0 Å². The third-order valence-corrected chi connectivity index (χ3v) is 8.54. The number of pyridine rings is 2. The molecule has 10 heteroatoms. The standard InChI is InChI=1S/C27H29N7O2S/c1-17-27(37(2,35)36)30-12-13-34(17)26-24-21(18-8-9-18)15-28-16-22(24)32-25(33-26)19-10-11-29-23(14-19)31-20-6-4-3-5-7-20/h3-7,10-11,14-18,27,30H,8-9,12-13H2,1-2H3,(H,29,31)/t17-,27?/m1/s1. The molecule has 2 atom stereocenters. The van der Waals surface area contributed by atoms with Crippen LogP contribution >= 0.6 is 0 Å². The van der Waals surface area contributed by atoms with E-state index in [1.54, 1.807) is 12.4 Å². The molecule has 2 N–H and O–H groups in total. The first-order chi connectivity index (χ1) is 17.9. The van der Waals surface area contributed by atoms with E-state index in [0.717, 1.165) is 46.4 Å². The Morgan fingerprint density at radius 2 is 1.89 bits per heavy atom. The van der Waals surface area contributed by atoms with Crippen molar-refractivity contribution in [3.63, 3.8) is 0 Å². The predicted molar refractivity (Wildman–Crippen MR) is 146 cm³/mol. The molecule has 1 aliphatic heterocycles. The Labute approximate surface area is 216 Å². The van der Waals surface area contributed by atoms with Crippen LogP contribution in [0.3, 0.4) is 0 Å². The summed E-state index contributed by atoms with van der Waals surface area (Å²) < 4.78 is 25.1. The summed E-state index contributed by atoms with van der Waals surface area (Å²) in [6, 6.07) is 13.4. The first-order valence-electron chi connectivity index (χ1n) is 12.5. The fourth-order valence-electron chi connectivity index (χ4n) is 5.11. The number of hydrogen-bond donors (Lipinski definition) is 2. The average Bonchev–Trinajstić information content (AvgIpc) is 3.74. The largest absolute Gasteiger partial charge is 0.349 e. The summed E-state index contributed by atoms with van der Waals surface area (Å²) in [4.78, 5) is 21.1. The van der Waals surface area contributed by atoms with E-state index in [4.69, 9.17) is 9.97 Å². The molecule has 9 nitrogen and oxygen atoms in total. The van der Waals surface area contributed by atoms with Gasteiger partial charge in [-0.15, -0.1) is 0 Å². The summed E-state index contributed by atoms with van der Waals surface area (Å²) in [6.07, 6.45) is 8.95. The fourth-order valence-corrected chi connectivity index (χ4v) is 6.39. The molecule has 1 aliphatic carbocycles. The van der Waals surface area contributed by atoms with E-state index < -0.39 is 15.2 Å². The van der Waals surface area contributed by atoms with Gasteiger partial charge in [0.15, 0.2) is 15.7 Å². The molecule has 0 amide bonds. The van der Waals surface area contributed by atoms with Crippen molar-refractivity contribution in [2.24, 2.45) is 0 Å². The molecule has 1 saturated carbocycles. The van der Waals surface area contributed by atoms with Crippen LogP contribution in [0.15, 0.2) is 61.1 Å². The second-order valence-electron chi connectivity index (χ2n) is 9.83. The zero-order chi connectivity index (χ0) is 25.6. The van der Waals surface area contributed by atoms with Gasteiger partial charge in [-0.3, -0.25) is 10.3 Å². The van der Waals surface area contributed by atoms with Crippen molar-refractivity contribution in [2.45, 2.75) is 37.1 Å². The Morgan fingerprint density at radius 1 is 1.08 bits per heavy atom. The number of anilines is 3. The summed E-state index contributed by atoms with van der Waals surface area (Å²) in [6.45, 7) is 3.13. The van der Waals surface area contributed by atoms with Crippen LogP contribution in [0.4, 0.5) is 17.3 Å². The topological polar surface area (TPSA) is 113 Å². The summed E-state index contributed by atoms with van der Waals surface area (Å²) in [5.41, 5.74) is 3.66. The smallest absolute Gasteiger partial charge is 0.165 e. The Morgan fingerprint density at radius 3 is 2.65 bits per heavy atom. The molecule has 37 heavy (non-hydrogen) atoms. The third kappa shape index (κ3) is 4.74. The number of rotatable bonds is 6. The Hall–Kier alpha value is -3.63. The summed E-state index contributed by atoms with van der Waals surface area (Å²) in [5, 5.41) is 6.80. The zero-order valence-corrected chi connectivity index (χ0v) is 21.6. The maximum absolute atomic E-state index is 12.6. The Bertz CT molecular complexity index is 1560. The number of nitrogens with one attached hydrogen (secondary N) is 2. The number of hydrogen-bond acceptors (Lipinski definition) is 9. The van der Waals surface area contributed by atoms with Crippen molar-refractivity contribution in [3.05, 3.63) is 66.6 Å². The first kappa shape index (κ1) is 23.7. The molecule has 1 saturated heterocycles. The molecule has 0 spiro atoms. The van der Waals surface area contributed by atoms with Crippen molar-refractivity contribution in [1.82, 2.24) is 25.3 Å². The number of nitrogens with zero attached hydrogens (tertiary/aromatic N) is 5. The van der Waals surface area contributed by atoms with Crippen molar-refractivity contribution >= 4 is 38.1 Å². The molecule has 0 radical (unpaired) electrons.